The van der Waals surface area contributed by atoms with Crippen molar-refractivity contribution < 1.29 is 63.8 Å². The zero-order valence-corrected chi connectivity index (χ0v) is 32.4. The highest BCUT2D eigenvalue weighted by molar-refractivity contribution is 6.33. The van der Waals surface area contributed by atoms with Gasteiger partial charge in [0, 0.05) is 22.7 Å². The Labute approximate surface area is 348 Å². The molecule has 4 amide bonds. The first-order valence-electron chi connectivity index (χ1n) is 18.3. The standard InChI is InChI=1S/C41H27Cl2F9N4O5/c1-17-3-2-4-26(32(17)57)31-24-9-10-25-30(36(60)55(34(25)58)23-12-19(39(44,45)46)11-20(13-23)40(47,48)49)27(24)15-28-35(59)56(37(61)38(28,31)18-5-7-22(42)8-6-18)54-33-29(43)14-21(16-53-33)41(50,51)52/h2-9,11-14,16,25,27-28,30-31,57H,10,15H2,1H3,(H,53,54). The summed E-state index contributed by atoms with van der Waals surface area (Å²) >= 11 is 12.4. The predicted octanol–water partition coefficient (Wildman–Crippen LogP) is 9.65. The van der Waals surface area contributed by atoms with Crippen LogP contribution in [0.1, 0.15) is 52.1 Å². The number of aromatic nitrogens is 1. The number of pyridine rings is 1. The maximum atomic E-state index is 15.3. The van der Waals surface area contributed by atoms with Crippen molar-refractivity contribution in [3.05, 3.63) is 128 Å². The Bertz CT molecular complexity index is 2550. The molecule has 3 aromatic carbocycles. The van der Waals surface area contributed by atoms with E-state index in [1.807, 2.05) is 0 Å². The number of carbonyl (C=O) groups is 4. The molecule has 2 aliphatic carbocycles. The minimum Gasteiger partial charge on any atom is -0.507 e. The number of alkyl halides is 9. The van der Waals surface area contributed by atoms with Crippen molar-refractivity contribution in [2.75, 3.05) is 10.3 Å². The van der Waals surface area contributed by atoms with Crippen molar-refractivity contribution in [3.63, 3.8) is 0 Å². The molecule has 1 aromatic heterocycles. The fourth-order valence-corrected chi connectivity index (χ4v) is 9.70. The van der Waals surface area contributed by atoms with E-state index in [0.717, 1.165) is 0 Å². The van der Waals surface area contributed by atoms with Gasteiger partial charge in [0.1, 0.15) is 5.75 Å². The number of hydrogen-bond donors (Lipinski definition) is 2. The number of phenols is 1. The van der Waals surface area contributed by atoms with Gasteiger partial charge in [-0.15, -0.1) is 0 Å². The molecule has 2 N–H and O–H groups in total. The largest absolute Gasteiger partial charge is 0.507 e. The highest BCUT2D eigenvalue weighted by Gasteiger charge is 2.71. The third-order valence-electron chi connectivity index (χ3n) is 12.0. The summed E-state index contributed by atoms with van der Waals surface area (Å²) in [6, 6.07) is 11.2. The number of aromatic hydroxyl groups is 1. The number of anilines is 2. The monoisotopic (exact) mass is 896 g/mol. The number of amides is 4. The molecule has 9 nitrogen and oxygen atoms in total. The van der Waals surface area contributed by atoms with Gasteiger partial charge in [0.25, 0.3) is 11.8 Å². The number of halogens is 11. The molecule has 6 atom stereocenters. The number of benzene rings is 3. The molecule has 6 unspecified atom stereocenters. The number of nitrogens with zero attached hydrogens (tertiary/aromatic N) is 3. The van der Waals surface area contributed by atoms with E-state index in [-0.39, 0.29) is 57.0 Å². The summed E-state index contributed by atoms with van der Waals surface area (Å²) in [6.45, 7) is 1.55. The van der Waals surface area contributed by atoms with Crippen LogP contribution < -0.4 is 10.3 Å². The lowest BCUT2D eigenvalue weighted by atomic mass is 9.49. The molecule has 4 aromatic rings. The number of para-hydroxylation sites is 1. The fourth-order valence-electron chi connectivity index (χ4n) is 9.36. The molecule has 0 spiro atoms. The zero-order chi connectivity index (χ0) is 44.3. The molecule has 3 fully saturated rings. The molecule has 3 heterocycles. The van der Waals surface area contributed by atoms with Gasteiger partial charge in [-0.1, -0.05) is 65.2 Å². The van der Waals surface area contributed by atoms with Crippen molar-refractivity contribution in [1.29, 1.82) is 0 Å². The van der Waals surface area contributed by atoms with Gasteiger partial charge in [-0.25, -0.2) is 9.88 Å². The number of allylic oxidation sites excluding steroid dienone is 2. The number of imide groups is 2. The fraction of sp³-hybridized carbons (Fsp3) is 0.293. The molecule has 0 radical (unpaired) electrons. The van der Waals surface area contributed by atoms with Crippen molar-refractivity contribution in [2.45, 2.75) is 49.6 Å². The molecule has 4 aliphatic rings. The van der Waals surface area contributed by atoms with Gasteiger partial charge in [-0.05, 0) is 73.2 Å². The van der Waals surface area contributed by atoms with E-state index in [4.69, 9.17) is 23.2 Å². The minimum atomic E-state index is -5.31. The van der Waals surface area contributed by atoms with Gasteiger partial charge < -0.3 is 5.11 Å². The maximum Gasteiger partial charge on any atom is 0.417 e. The number of carbonyl (C=O) groups excluding carboxylic acids is 4. The van der Waals surface area contributed by atoms with E-state index in [1.165, 1.54) is 36.4 Å². The third kappa shape index (κ3) is 6.60. The lowest BCUT2D eigenvalue weighted by Crippen LogP contribution is -2.53. The van der Waals surface area contributed by atoms with Gasteiger partial charge in [-0.3, -0.25) is 24.6 Å². The molecule has 2 saturated heterocycles. The molecule has 318 valence electrons. The van der Waals surface area contributed by atoms with Crippen LogP contribution in [-0.2, 0) is 43.1 Å². The Morgan fingerprint density at radius 3 is 2.00 bits per heavy atom. The predicted molar refractivity (Wildman–Crippen MR) is 199 cm³/mol. The molecule has 2 aliphatic heterocycles. The van der Waals surface area contributed by atoms with Gasteiger partial charge in [-0.2, -0.15) is 44.5 Å². The summed E-state index contributed by atoms with van der Waals surface area (Å²) in [5.74, 6) is -12.0. The molecular weight excluding hydrogens is 870 g/mol. The van der Waals surface area contributed by atoms with Gasteiger partial charge >= 0.3 is 18.5 Å². The summed E-state index contributed by atoms with van der Waals surface area (Å²) in [5.41, 5.74) is -4.52. The highest BCUT2D eigenvalue weighted by atomic mass is 35.5. The summed E-state index contributed by atoms with van der Waals surface area (Å²) in [6.07, 6.45) is -14.2. The topological polar surface area (TPSA) is 120 Å². The summed E-state index contributed by atoms with van der Waals surface area (Å²) in [5, 5.41) is 11.8. The third-order valence-corrected chi connectivity index (χ3v) is 12.5. The van der Waals surface area contributed by atoms with E-state index >= 15 is 4.79 Å². The first-order valence-corrected chi connectivity index (χ1v) is 19.0. The second kappa shape index (κ2) is 14.2. The number of hydrogen-bond acceptors (Lipinski definition) is 7. The van der Waals surface area contributed by atoms with Crippen molar-refractivity contribution >= 4 is 58.3 Å². The number of hydrazine groups is 1. The Hall–Kier alpha value is -5.62. The number of rotatable bonds is 5. The quantitative estimate of drug-likeness (QED) is 0.116. The number of aryl methyl sites for hydroxylation is 1. The average Bonchev–Trinajstić information content (AvgIpc) is 3.56. The Morgan fingerprint density at radius 1 is 0.787 bits per heavy atom. The molecule has 20 heteroatoms. The first kappa shape index (κ1) is 42.1. The van der Waals surface area contributed by atoms with Crippen LogP contribution in [0.25, 0.3) is 0 Å². The molecular formula is C41H27Cl2F9N4O5. The van der Waals surface area contributed by atoms with Crippen LogP contribution in [0.3, 0.4) is 0 Å². The maximum absolute atomic E-state index is 15.3. The van der Waals surface area contributed by atoms with E-state index < -0.39 is 117 Å². The number of fused-ring (bicyclic) bond motifs is 4. The molecule has 0 bridgehead atoms. The smallest absolute Gasteiger partial charge is 0.417 e. The van der Waals surface area contributed by atoms with Crippen LogP contribution in [0.15, 0.2) is 84.6 Å². The Morgan fingerprint density at radius 2 is 1.41 bits per heavy atom. The van der Waals surface area contributed by atoms with Crippen LogP contribution in [-0.4, -0.2) is 38.7 Å². The second-order valence-corrected chi connectivity index (χ2v) is 16.1. The van der Waals surface area contributed by atoms with Crippen molar-refractivity contribution in [2.24, 2.45) is 23.7 Å². The van der Waals surface area contributed by atoms with Crippen molar-refractivity contribution in [3.8, 4) is 5.75 Å². The molecule has 61 heavy (non-hydrogen) atoms. The lowest BCUT2D eigenvalue weighted by Gasteiger charge is -2.50. The normalized spacial score (nSPS) is 25.4. The van der Waals surface area contributed by atoms with E-state index in [1.54, 1.807) is 19.1 Å². The number of nitrogens with one attached hydrogen (secondary N) is 1. The summed E-state index contributed by atoms with van der Waals surface area (Å²) in [7, 11) is 0. The Kier molecular flexibility index (Phi) is 9.81. The van der Waals surface area contributed by atoms with Crippen LogP contribution >= 0.6 is 23.2 Å². The highest BCUT2D eigenvalue weighted by Crippen LogP contribution is 2.65. The zero-order valence-electron chi connectivity index (χ0n) is 30.9. The van der Waals surface area contributed by atoms with Crippen LogP contribution in [0.2, 0.25) is 10.0 Å². The number of phenolic OH excluding ortho intramolecular Hbond substituents is 1. The average molecular weight is 898 g/mol. The molecule has 8 rings (SSSR count). The van der Waals surface area contributed by atoms with Crippen LogP contribution in [0, 0.1) is 30.6 Å². The molecule has 1 saturated carbocycles. The van der Waals surface area contributed by atoms with E-state index in [0.29, 0.717) is 22.8 Å². The van der Waals surface area contributed by atoms with Gasteiger partial charge in [0.15, 0.2) is 5.82 Å². The van der Waals surface area contributed by atoms with Gasteiger partial charge in [0.2, 0.25) is 11.8 Å². The second-order valence-electron chi connectivity index (χ2n) is 15.2. The van der Waals surface area contributed by atoms with E-state index in [9.17, 15) is 59.0 Å². The van der Waals surface area contributed by atoms with Gasteiger partial charge in [0.05, 0.1) is 50.6 Å². The first-order chi connectivity index (χ1) is 28.5. The Balaban J connectivity index is 1.31. The van der Waals surface area contributed by atoms with Crippen LogP contribution in [0.4, 0.5) is 51.0 Å². The minimum absolute atomic E-state index is 0.0735. The van der Waals surface area contributed by atoms with E-state index in [2.05, 4.69) is 10.4 Å². The summed E-state index contributed by atoms with van der Waals surface area (Å²) < 4.78 is 124. The summed E-state index contributed by atoms with van der Waals surface area (Å²) in [4.78, 5) is 62.7. The SMILES string of the molecule is Cc1cccc(C2C3=CCC4C(=O)N(c5cc(C(F)(F)F)cc(C(F)(F)F)c5)C(=O)C4C3CC3C(=O)N(Nc4ncc(C(F)(F)F)cc4Cl)C(=O)C32c2ccc(Cl)cc2)c1O. The lowest BCUT2D eigenvalue weighted by molar-refractivity contribution is -0.143. The van der Waals surface area contributed by atoms with Crippen molar-refractivity contribution in [1.82, 2.24) is 9.99 Å². The van der Waals surface area contributed by atoms with Crippen LogP contribution in [0.5, 0.6) is 5.75 Å².